The van der Waals surface area contributed by atoms with Gasteiger partial charge in [0.1, 0.15) is 17.1 Å². The Morgan fingerprint density at radius 1 is 1.09 bits per heavy atom. The molecular formula is C21H14ClF3N4O5. The quantitative estimate of drug-likeness (QED) is 0.514. The number of nitrogens with zero attached hydrogens (tertiary/aromatic N) is 1. The first-order valence-electron chi connectivity index (χ1n) is 9.50. The summed E-state index contributed by atoms with van der Waals surface area (Å²) in [4.78, 5) is 52.6. The highest BCUT2D eigenvalue weighted by molar-refractivity contribution is 6.34. The van der Waals surface area contributed by atoms with Gasteiger partial charge >= 0.3 is 11.9 Å². The van der Waals surface area contributed by atoms with Gasteiger partial charge in [-0.05, 0) is 36.4 Å². The molecule has 3 N–H and O–H groups in total. The molecule has 0 unspecified atom stereocenters. The molecule has 0 spiro atoms. The van der Waals surface area contributed by atoms with Crippen LogP contribution in [-0.2, 0) is 10.3 Å². The predicted octanol–water partition coefficient (Wildman–Crippen LogP) is 2.33. The molecule has 0 aliphatic carbocycles. The van der Waals surface area contributed by atoms with E-state index in [-0.39, 0.29) is 16.3 Å². The molecular weight excluding hydrogens is 481 g/mol. The van der Waals surface area contributed by atoms with Crippen LogP contribution in [0, 0.1) is 0 Å². The molecule has 176 valence electrons. The van der Waals surface area contributed by atoms with E-state index >= 15 is 0 Å². The molecule has 0 saturated carbocycles. The van der Waals surface area contributed by atoms with Gasteiger partial charge in [-0.3, -0.25) is 19.4 Å². The Hall–Kier alpha value is -4.06. The van der Waals surface area contributed by atoms with Crippen LogP contribution in [-0.4, -0.2) is 34.7 Å². The number of carbonyl (C=O) groups is 2. The summed E-state index contributed by atoms with van der Waals surface area (Å²) in [6, 6.07) is 10.7. The van der Waals surface area contributed by atoms with Gasteiger partial charge in [0.05, 0.1) is 23.4 Å². The molecule has 2 amide bonds. The lowest BCUT2D eigenvalue weighted by Gasteiger charge is -2.30. The van der Waals surface area contributed by atoms with Crippen molar-refractivity contribution in [2.24, 2.45) is 0 Å². The maximum atomic E-state index is 14.5. The van der Waals surface area contributed by atoms with E-state index in [1.165, 1.54) is 49.6 Å². The highest BCUT2D eigenvalue weighted by Crippen LogP contribution is 2.45. The summed E-state index contributed by atoms with van der Waals surface area (Å²) in [5, 5.41) is 3.41. The maximum Gasteiger partial charge on any atom is 0.425 e. The van der Waals surface area contributed by atoms with Crippen LogP contribution in [0.15, 0.2) is 58.1 Å². The molecule has 1 atom stereocenters. The summed E-state index contributed by atoms with van der Waals surface area (Å²) in [6.07, 6.45) is -5.48. The largest absolute Gasteiger partial charge is 0.497 e. The van der Waals surface area contributed by atoms with Gasteiger partial charge in [-0.2, -0.15) is 13.2 Å². The van der Waals surface area contributed by atoms with Gasteiger partial charge in [-0.15, -0.1) is 0 Å². The van der Waals surface area contributed by atoms with Crippen molar-refractivity contribution in [3.05, 3.63) is 85.5 Å². The molecule has 1 aromatic heterocycles. The molecule has 0 radical (unpaired) electrons. The van der Waals surface area contributed by atoms with E-state index in [2.05, 4.69) is 0 Å². The first-order chi connectivity index (χ1) is 16.0. The summed E-state index contributed by atoms with van der Waals surface area (Å²) in [7, 11) is 1.39. The lowest BCUT2D eigenvalue weighted by atomic mass is 9.91. The van der Waals surface area contributed by atoms with E-state index in [1.54, 1.807) is 10.3 Å². The van der Waals surface area contributed by atoms with Crippen LogP contribution in [0.25, 0.3) is 5.69 Å². The van der Waals surface area contributed by atoms with Gasteiger partial charge in [0.25, 0.3) is 22.9 Å². The van der Waals surface area contributed by atoms with Crippen LogP contribution in [0.1, 0.15) is 15.9 Å². The Bertz CT molecular complexity index is 1430. The van der Waals surface area contributed by atoms with Crippen LogP contribution in [0.5, 0.6) is 5.75 Å². The number of halogens is 4. The third-order valence-corrected chi connectivity index (χ3v) is 5.56. The normalized spacial score (nSPS) is 17.1. The lowest BCUT2D eigenvalue weighted by molar-refractivity contribution is -0.196. The Morgan fingerprint density at radius 3 is 2.32 bits per heavy atom. The zero-order chi connectivity index (χ0) is 24.8. The Labute approximate surface area is 193 Å². The maximum absolute atomic E-state index is 14.5. The highest BCUT2D eigenvalue weighted by atomic mass is 35.5. The lowest BCUT2D eigenvalue weighted by Crippen LogP contribution is -2.62. The van der Waals surface area contributed by atoms with Crippen LogP contribution < -0.4 is 26.6 Å². The number of carbonyl (C=O) groups excluding carboxylic acids is 2. The van der Waals surface area contributed by atoms with E-state index < -0.39 is 46.2 Å². The number of alkyl halides is 3. The third-order valence-electron chi connectivity index (χ3n) is 5.23. The van der Waals surface area contributed by atoms with Crippen LogP contribution in [0.2, 0.25) is 5.02 Å². The molecule has 1 aliphatic heterocycles. The summed E-state index contributed by atoms with van der Waals surface area (Å²) in [5.74, 6) is -3.47. The second-order valence-electron chi connectivity index (χ2n) is 7.15. The number of aromatic amines is 1. The number of H-pyrrole nitrogens is 1. The average Bonchev–Trinajstić information content (AvgIpc) is 3.07. The number of rotatable bonds is 4. The molecule has 9 nitrogen and oxygen atoms in total. The minimum atomic E-state index is -5.48. The van der Waals surface area contributed by atoms with E-state index in [9.17, 15) is 32.3 Å². The van der Waals surface area contributed by atoms with Gasteiger partial charge in [-0.1, -0.05) is 23.7 Å². The molecule has 34 heavy (non-hydrogen) atoms. The second-order valence-corrected chi connectivity index (χ2v) is 7.56. The molecule has 0 bridgehead atoms. The fourth-order valence-corrected chi connectivity index (χ4v) is 3.86. The van der Waals surface area contributed by atoms with Gasteiger partial charge in [0, 0.05) is 0 Å². The zero-order valence-electron chi connectivity index (χ0n) is 17.1. The van der Waals surface area contributed by atoms with Crippen molar-refractivity contribution in [1.82, 2.24) is 14.9 Å². The first-order valence-corrected chi connectivity index (χ1v) is 9.88. The number of fused-ring (bicyclic) bond motifs is 1. The van der Waals surface area contributed by atoms with Gasteiger partial charge < -0.3 is 15.4 Å². The number of hydrogen-bond donors (Lipinski definition) is 3. The number of ether oxygens (including phenoxy) is 1. The monoisotopic (exact) mass is 494 g/mol. The Kier molecular flexibility index (Phi) is 5.48. The van der Waals surface area contributed by atoms with Crippen LogP contribution in [0.4, 0.5) is 19.0 Å². The molecule has 13 heteroatoms. The topological polar surface area (TPSA) is 122 Å². The fraction of sp³-hybridized carbons (Fsp3) is 0.143. The van der Waals surface area contributed by atoms with Crippen molar-refractivity contribution in [3.63, 3.8) is 0 Å². The molecule has 1 aliphatic rings. The van der Waals surface area contributed by atoms with Gasteiger partial charge in [-0.25, -0.2) is 9.36 Å². The van der Waals surface area contributed by atoms with Crippen molar-refractivity contribution in [1.29, 1.82) is 0 Å². The molecule has 3 aromatic rings. The smallest absolute Gasteiger partial charge is 0.425 e. The number of aromatic nitrogens is 2. The van der Waals surface area contributed by atoms with Crippen LogP contribution in [0.3, 0.4) is 0 Å². The minimum absolute atomic E-state index is 0.0222. The molecule has 0 saturated heterocycles. The summed E-state index contributed by atoms with van der Waals surface area (Å²) >= 11 is 5.92. The van der Waals surface area contributed by atoms with Gasteiger partial charge in [0.15, 0.2) is 0 Å². The molecule has 2 heterocycles. The van der Waals surface area contributed by atoms with Crippen molar-refractivity contribution in [3.8, 4) is 11.4 Å². The first kappa shape index (κ1) is 23.1. The number of amides is 2. The summed E-state index contributed by atoms with van der Waals surface area (Å²) < 4.78 is 49.1. The summed E-state index contributed by atoms with van der Waals surface area (Å²) in [6.45, 7) is 0. The predicted molar refractivity (Wildman–Crippen MR) is 114 cm³/mol. The van der Waals surface area contributed by atoms with E-state index in [1.807, 2.05) is 5.32 Å². The van der Waals surface area contributed by atoms with Crippen molar-refractivity contribution in [2.45, 2.75) is 11.7 Å². The van der Waals surface area contributed by atoms with Crippen LogP contribution >= 0.6 is 11.6 Å². The van der Waals surface area contributed by atoms with E-state index in [0.717, 1.165) is 6.07 Å². The second kappa shape index (κ2) is 8.06. The Balaban J connectivity index is 1.97. The van der Waals surface area contributed by atoms with Gasteiger partial charge in [0.2, 0.25) is 0 Å². The molecule has 4 rings (SSSR count). The number of nitrogens with one attached hydrogen (secondary N) is 3. The van der Waals surface area contributed by atoms with Crippen molar-refractivity contribution in [2.75, 3.05) is 12.4 Å². The standard InChI is InChI=1S/C21H14ClF3N4O5/c1-34-11-8-6-10(7-9-11)29-15-14(17(31)27-19(29)33)20(18(32)26-15,21(23,24)25)28-16(30)12-4-2-3-5-13(12)22/h2-9H,1H3,(H,26,32)(H,28,30)(H,27,31,33)/t20-/m1/s1. The average molecular weight is 495 g/mol. The number of benzene rings is 2. The number of hydrogen-bond acceptors (Lipinski definition) is 5. The molecule has 2 aromatic carbocycles. The summed E-state index contributed by atoms with van der Waals surface area (Å²) in [5.41, 5.74) is -7.93. The number of anilines is 1. The third kappa shape index (κ3) is 3.43. The van der Waals surface area contributed by atoms with E-state index in [4.69, 9.17) is 16.3 Å². The Morgan fingerprint density at radius 2 is 1.74 bits per heavy atom. The fourth-order valence-electron chi connectivity index (χ4n) is 3.64. The minimum Gasteiger partial charge on any atom is -0.497 e. The van der Waals surface area contributed by atoms with E-state index in [0.29, 0.717) is 10.3 Å². The van der Waals surface area contributed by atoms with Crippen molar-refractivity contribution < 1.29 is 27.5 Å². The molecule has 0 fully saturated rings. The number of methoxy groups -OCH3 is 1. The SMILES string of the molecule is COc1ccc(-n2c3c(c(=O)[nH]c2=O)[C@](NC(=O)c2ccccc2Cl)(C(F)(F)F)C(=O)N3)cc1. The van der Waals surface area contributed by atoms with Crippen molar-refractivity contribution >= 4 is 29.2 Å². The highest BCUT2D eigenvalue weighted by Gasteiger charge is 2.68. The zero-order valence-corrected chi connectivity index (χ0v) is 17.9.